The Balaban J connectivity index is 2.40. The number of halogens is 1. The number of hydrogen-bond donors (Lipinski definition) is 0. The zero-order valence-electron chi connectivity index (χ0n) is 17.7. The number of nitrogens with zero attached hydrogens (tertiary/aromatic N) is 1. The van der Waals surface area contributed by atoms with E-state index >= 15 is 0 Å². The van der Waals surface area contributed by atoms with Crippen LogP contribution in [0.2, 0.25) is 0 Å². The van der Waals surface area contributed by atoms with Gasteiger partial charge in [-0.1, -0.05) is 76.3 Å². The molecule has 1 aliphatic heterocycles. The minimum absolute atomic E-state index is 0.0608. The SMILES string of the molecule is CCCCCCCCCCC[C@H]1C=C(Cl)C[C@@H](C)N1C(=O)OC(C)(C)C. The molecule has 0 radical (unpaired) electrons. The second kappa shape index (κ2) is 11.9. The first-order valence-electron chi connectivity index (χ1n) is 10.6. The van der Waals surface area contributed by atoms with E-state index in [4.69, 9.17) is 16.3 Å². The smallest absolute Gasteiger partial charge is 0.411 e. The molecule has 0 aromatic rings. The molecule has 0 saturated heterocycles. The maximum Gasteiger partial charge on any atom is 0.411 e. The van der Waals surface area contributed by atoms with Gasteiger partial charge >= 0.3 is 6.09 Å². The minimum atomic E-state index is -0.468. The number of ether oxygens (including phenoxy) is 1. The monoisotopic (exact) mass is 385 g/mol. The predicted octanol–water partition coefficient (Wildman–Crippen LogP) is 7.43. The first-order valence-corrected chi connectivity index (χ1v) is 11.0. The Bertz CT molecular complexity index is 442. The average Bonchev–Trinajstić information content (AvgIpc) is 2.50. The van der Waals surface area contributed by atoms with E-state index in [0.29, 0.717) is 0 Å². The summed E-state index contributed by atoms with van der Waals surface area (Å²) in [6.07, 6.45) is 15.3. The van der Waals surface area contributed by atoms with Crippen LogP contribution in [0, 0.1) is 0 Å². The van der Waals surface area contributed by atoms with E-state index in [-0.39, 0.29) is 18.2 Å². The molecule has 0 bridgehead atoms. The van der Waals surface area contributed by atoms with E-state index in [0.717, 1.165) is 24.3 Å². The fraction of sp³-hybridized carbons (Fsp3) is 0.864. The van der Waals surface area contributed by atoms with Gasteiger partial charge < -0.3 is 4.74 Å². The molecule has 4 heteroatoms. The molecular formula is C22H40ClNO2. The van der Waals surface area contributed by atoms with E-state index in [1.165, 1.54) is 51.4 Å². The Hall–Kier alpha value is -0.700. The normalized spacial score (nSPS) is 20.8. The molecule has 0 saturated carbocycles. The summed E-state index contributed by atoms with van der Waals surface area (Å²) >= 11 is 6.31. The summed E-state index contributed by atoms with van der Waals surface area (Å²) in [6, 6.07) is 0.150. The Morgan fingerprint density at radius 2 is 1.65 bits per heavy atom. The van der Waals surface area contributed by atoms with E-state index in [9.17, 15) is 4.79 Å². The first kappa shape index (κ1) is 23.3. The lowest BCUT2D eigenvalue weighted by Gasteiger charge is -2.39. The van der Waals surface area contributed by atoms with Crippen LogP contribution in [0.4, 0.5) is 4.79 Å². The third kappa shape index (κ3) is 9.30. The molecule has 0 aromatic carbocycles. The number of hydrogen-bond acceptors (Lipinski definition) is 2. The molecule has 0 unspecified atom stereocenters. The standard InChI is InChI=1S/C22H40ClNO2/c1-6-7-8-9-10-11-12-13-14-15-20-17-19(23)16-18(2)24(20)21(25)26-22(3,4)5/h17-18,20H,6-16H2,1-5H3/t18-,20+/m1/s1. The molecule has 26 heavy (non-hydrogen) atoms. The molecule has 1 amide bonds. The van der Waals surface area contributed by atoms with Crippen molar-refractivity contribution in [2.24, 2.45) is 0 Å². The lowest BCUT2D eigenvalue weighted by atomic mass is 9.98. The van der Waals surface area contributed by atoms with Crippen molar-refractivity contribution in [2.45, 2.75) is 123 Å². The van der Waals surface area contributed by atoms with Gasteiger partial charge in [0.25, 0.3) is 0 Å². The Labute approximate surface area is 166 Å². The van der Waals surface area contributed by atoms with E-state index in [1.54, 1.807) is 0 Å². The van der Waals surface area contributed by atoms with Gasteiger partial charge in [0.15, 0.2) is 0 Å². The molecule has 1 heterocycles. The third-order valence-corrected chi connectivity index (χ3v) is 5.18. The molecular weight excluding hydrogens is 346 g/mol. The van der Waals surface area contributed by atoms with Crippen LogP contribution in [0.3, 0.4) is 0 Å². The fourth-order valence-electron chi connectivity index (χ4n) is 3.58. The van der Waals surface area contributed by atoms with Gasteiger partial charge in [-0.15, -0.1) is 0 Å². The van der Waals surface area contributed by atoms with Crippen LogP contribution in [-0.2, 0) is 4.74 Å². The second-order valence-electron chi connectivity index (χ2n) is 8.74. The maximum atomic E-state index is 12.6. The van der Waals surface area contributed by atoms with Crippen molar-refractivity contribution >= 4 is 17.7 Å². The molecule has 0 fully saturated rings. The summed E-state index contributed by atoms with van der Waals surface area (Å²) < 4.78 is 5.62. The number of rotatable bonds is 10. The van der Waals surface area contributed by atoms with Gasteiger partial charge in [-0.3, -0.25) is 4.90 Å². The topological polar surface area (TPSA) is 29.5 Å². The van der Waals surface area contributed by atoms with Gasteiger partial charge in [0.1, 0.15) is 5.60 Å². The highest BCUT2D eigenvalue weighted by Crippen LogP contribution is 2.29. The van der Waals surface area contributed by atoms with Crippen molar-refractivity contribution in [2.75, 3.05) is 0 Å². The van der Waals surface area contributed by atoms with Gasteiger partial charge in [0.2, 0.25) is 0 Å². The Morgan fingerprint density at radius 3 is 2.19 bits per heavy atom. The summed E-state index contributed by atoms with van der Waals surface area (Å²) in [5.41, 5.74) is -0.468. The zero-order valence-corrected chi connectivity index (χ0v) is 18.4. The third-order valence-electron chi connectivity index (χ3n) is 4.90. The van der Waals surface area contributed by atoms with E-state index in [2.05, 4.69) is 19.9 Å². The summed E-state index contributed by atoms with van der Waals surface area (Å²) in [7, 11) is 0. The maximum absolute atomic E-state index is 12.6. The highest BCUT2D eigenvalue weighted by molar-refractivity contribution is 6.29. The van der Waals surface area contributed by atoms with Gasteiger partial charge in [0.05, 0.1) is 6.04 Å². The van der Waals surface area contributed by atoms with Gasteiger partial charge in [-0.05, 0) is 40.2 Å². The summed E-state index contributed by atoms with van der Waals surface area (Å²) in [5.74, 6) is 0. The van der Waals surface area contributed by atoms with Crippen LogP contribution in [0.15, 0.2) is 11.1 Å². The van der Waals surface area contributed by atoms with E-state index < -0.39 is 5.60 Å². The van der Waals surface area contributed by atoms with Crippen molar-refractivity contribution in [3.63, 3.8) is 0 Å². The van der Waals surface area contributed by atoms with Crippen LogP contribution < -0.4 is 0 Å². The Morgan fingerprint density at radius 1 is 1.12 bits per heavy atom. The molecule has 3 nitrogen and oxygen atoms in total. The predicted molar refractivity (Wildman–Crippen MR) is 112 cm³/mol. The van der Waals surface area contributed by atoms with Crippen molar-refractivity contribution < 1.29 is 9.53 Å². The largest absolute Gasteiger partial charge is 0.444 e. The van der Waals surface area contributed by atoms with Crippen LogP contribution in [0.1, 0.15) is 105 Å². The van der Waals surface area contributed by atoms with Gasteiger partial charge in [-0.25, -0.2) is 4.79 Å². The van der Waals surface area contributed by atoms with Crippen molar-refractivity contribution in [1.29, 1.82) is 0 Å². The quantitative estimate of drug-likeness (QED) is 0.366. The van der Waals surface area contributed by atoms with Crippen molar-refractivity contribution in [3.05, 3.63) is 11.1 Å². The highest BCUT2D eigenvalue weighted by atomic mass is 35.5. The average molecular weight is 386 g/mol. The van der Waals surface area contributed by atoms with Crippen LogP contribution in [0.5, 0.6) is 0 Å². The summed E-state index contributed by atoms with van der Waals surface area (Å²) in [4.78, 5) is 14.5. The van der Waals surface area contributed by atoms with Crippen molar-refractivity contribution in [3.8, 4) is 0 Å². The minimum Gasteiger partial charge on any atom is -0.444 e. The summed E-state index contributed by atoms with van der Waals surface area (Å²) in [5, 5.41) is 0.873. The van der Waals surface area contributed by atoms with Gasteiger partial charge in [-0.2, -0.15) is 0 Å². The van der Waals surface area contributed by atoms with Crippen LogP contribution in [-0.4, -0.2) is 28.7 Å². The molecule has 0 aliphatic carbocycles. The van der Waals surface area contributed by atoms with Crippen LogP contribution >= 0.6 is 11.6 Å². The molecule has 0 N–H and O–H groups in total. The number of carbonyl (C=O) groups is 1. The van der Waals surface area contributed by atoms with Gasteiger partial charge in [0, 0.05) is 17.5 Å². The molecule has 1 rings (SSSR count). The molecule has 2 atom stereocenters. The lowest BCUT2D eigenvalue weighted by molar-refractivity contribution is 0.00888. The lowest BCUT2D eigenvalue weighted by Crippen LogP contribution is -2.49. The zero-order chi connectivity index (χ0) is 19.6. The first-order chi connectivity index (χ1) is 12.2. The van der Waals surface area contributed by atoms with E-state index in [1.807, 2.05) is 25.7 Å². The number of carbonyl (C=O) groups excluding carboxylic acids is 1. The fourth-order valence-corrected chi connectivity index (χ4v) is 3.95. The number of amides is 1. The van der Waals surface area contributed by atoms with Crippen molar-refractivity contribution in [1.82, 2.24) is 4.90 Å². The summed E-state index contributed by atoms with van der Waals surface area (Å²) in [6.45, 7) is 10.1. The molecule has 0 spiro atoms. The highest BCUT2D eigenvalue weighted by Gasteiger charge is 2.34. The molecule has 152 valence electrons. The second-order valence-corrected chi connectivity index (χ2v) is 9.22. The molecule has 1 aliphatic rings. The molecule has 0 aromatic heterocycles. The van der Waals surface area contributed by atoms with Crippen LogP contribution in [0.25, 0.3) is 0 Å². The Kier molecular flexibility index (Phi) is 10.7. The number of unbranched alkanes of at least 4 members (excludes halogenated alkanes) is 8.